The second-order valence-electron chi connectivity index (χ2n) is 4.97. The van der Waals surface area contributed by atoms with Crippen molar-refractivity contribution in [3.63, 3.8) is 0 Å². The number of hydrogen-bond acceptors (Lipinski definition) is 7. The Kier molecular flexibility index (Phi) is 3.42. The average molecular weight is 391 g/mol. The Morgan fingerprint density at radius 3 is 2.78 bits per heavy atom. The summed E-state index contributed by atoms with van der Waals surface area (Å²) in [6.45, 7) is 4.00. The summed E-state index contributed by atoms with van der Waals surface area (Å²) in [5.74, 6) is 0.584. The third-order valence-corrected chi connectivity index (χ3v) is 5.26. The lowest BCUT2D eigenvalue weighted by Crippen LogP contribution is -2.08. The van der Waals surface area contributed by atoms with E-state index < -0.39 is 0 Å². The first kappa shape index (κ1) is 14.4. The van der Waals surface area contributed by atoms with Gasteiger partial charge in [-0.3, -0.25) is 9.67 Å². The Morgan fingerprint density at radius 2 is 2.09 bits per heavy atom. The second-order valence-corrected chi connectivity index (χ2v) is 6.81. The highest BCUT2D eigenvalue weighted by molar-refractivity contribution is 9.10. The van der Waals surface area contributed by atoms with E-state index in [1.54, 1.807) is 23.1 Å². The zero-order chi connectivity index (χ0) is 16.0. The van der Waals surface area contributed by atoms with Crippen LogP contribution in [0, 0.1) is 6.92 Å². The largest absolute Gasteiger partial charge is 0.262 e. The fourth-order valence-electron chi connectivity index (χ4n) is 2.15. The summed E-state index contributed by atoms with van der Waals surface area (Å²) in [7, 11) is 0. The van der Waals surface area contributed by atoms with Gasteiger partial charge in [0.15, 0.2) is 0 Å². The third kappa shape index (κ3) is 2.43. The van der Waals surface area contributed by atoms with E-state index in [0.29, 0.717) is 11.5 Å². The van der Waals surface area contributed by atoms with E-state index in [1.807, 2.05) is 24.7 Å². The van der Waals surface area contributed by atoms with Gasteiger partial charge in [-0.1, -0.05) is 11.3 Å². The molecule has 0 aliphatic heterocycles. The van der Waals surface area contributed by atoms with Crippen LogP contribution in [0.15, 0.2) is 29.3 Å². The molecule has 0 saturated heterocycles. The summed E-state index contributed by atoms with van der Waals surface area (Å²) in [4.78, 5) is 9.03. The molecule has 116 valence electrons. The zero-order valence-corrected chi connectivity index (χ0v) is 14.7. The monoisotopic (exact) mass is 390 g/mol. The highest BCUT2D eigenvalue weighted by atomic mass is 79.9. The van der Waals surface area contributed by atoms with Gasteiger partial charge in [0.25, 0.3) is 0 Å². The van der Waals surface area contributed by atoms with Crippen molar-refractivity contribution in [2.45, 2.75) is 19.9 Å². The number of nitrogens with zero attached hydrogens (tertiary/aromatic N) is 8. The molecule has 1 atom stereocenters. The molecule has 0 spiro atoms. The molecule has 0 aromatic carbocycles. The van der Waals surface area contributed by atoms with Gasteiger partial charge < -0.3 is 0 Å². The lowest BCUT2D eigenvalue weighted by atomic mass is 10.4. The van der Waals surface area contributed by atoms with E-state index in [0.717, 1.165) is 20.1 Å². The molecular weight excluding hydrogens is 380 g/mol. The van der Waals surface area contributed by atoms with E-state index >= 15 is 0 Å². The molecule has 0 fully saturated rings. The molecule has 4 rings (SSSR count). The number of fused-ring (bicyclic) bond motifs is 1. The fraction of sp³-hybridized carbons (Fsp3) is 0.231. The van der Waals surface area contributed by atoms with Crippen molar-refractivity contribution in [3.05, 3.63) is 40.0 Å². The van der Waals surface area contributed by atoms with Crippen LogP contribution >= 0.6 is 27.3 Å². The summed E-state index contributed by atoms with van der Waals surface area (Å²) >= 11 is 4.97. The SMILES string of the molecule is Cc1nn([C@H](C)c2nn3c(-c4cnccn4)nnc3s2)cc1Br. The Labute approximate surface area is 143 Å². The molecule has 0 unspecified atom stereocenters. The van der Waals surface area contributed by atoms with Gasteiger partial charge in [0.2, 0.25) is 10.8 Å². The van der Waals surface area contributed by atoms with Gasteiger partial charge in [0.1, 0.15) is 16.7 Å². The maximum absolute atomic E-state index is 4.63. The quantitative estimate of drug-likeness (QED) is 0.534. The summed E-state index contributed by atoms with van der Waals surface area (Å²) < 4.78 is 4.56. The van der Waals surface area contributed by atoms with Crippen LogP contribution in [0.5, 0.6) is 0 Å². The number of aryl methyl sites for hydroxylation is 1. The van der Waals surface area contributed by atoms with Crippen LogP contribution in [0.1, 0.15) is 23.7 Å². The maximum Gasteiger partial charge on any atom is 0.235 e. The summed E-state index contributed by atoms with van der Waals surface area (Å²) in [6.07, 6.45) is 6.84. The first-order chi connectivity index (χ1) is 11.1. The van der Waals surface area contributed by atoms with Crippen LogP contribution < -0.4 is 0 Å². The van der Waals surface area contributed by atoms with Crippen LogP contribution in [0.3, 0.4) is 0 Å². The van der Waals surface area contributed by atoms with Gasteiger partial charge in [-0.2, -0.15) is 14.7 Å². The van der Waals surface area contributed by atoms with Crippen LogP contribution in [-0.4, -0.2) is 39.6 Å². The van der Waals surface area contributed by atoms with Crippen LogP contribution in [0.4, 0.5) is 0 Å². The van der Waals surface area contributed by atoms with Crippen molar-refractivity contribution in [1.82, 2.24) is 39.6 Å². The first-order valence-corrected chi connectivity index (χ1v) is 8.44. The minimum Gasteiger partial charge on any atom is -0.262 e. The van der Waals surface area contributed by atoms with Crippen molar-refractivity contribution in [2.75, 3.05) is 0 Å². The van der Waals surface area contributed by atoms with E-state index in [9.17, 15) is 0 Å². The summed E-state index contributed by atoms with van der Waals surface area (Å²) in [6, 6.07) is 0.00130. The number of rotatable bonds is 3. The van der Waals surface area contributed by atoms with Gasteiger partial charge >= 0.3 is 0 Å². The van der Waals surface area contributed by atoms with Crippen LogP contribution in [0.2, 0.25) is 0 Å². The lowest BCUT2D eigenvalue weighted by molar-refractivity contribution is 0.551. The molecule has 4 aromatic heterocycles. The minimum atomic E-state index is 0.00130. The zero-order valence-electron chi connectivity index (χ0n) is 12.3. The molecule has 10 heteroatoms. The van der Waals surface area contributed by atoms with Gasteiger partial charge in [0.05, 0.1) is 16.4 Å². The van der Waals surface area contributed by atoms with Gasteiger partial charge in [0, 0.05) is 18.6 Å². The molecule has 0 aliphatic carbocycles. The third-order valence-electron chi connectivity index (χ3n) is 3.41. The Balaban J connectivity index is 1.76. The van der Waals surface area contributed by atoms with Crippen LogP contribution in [0.25, 0.3) is 16.5 Å². The average Bonchev–Trinajstić information content (AvgIpc) is 3.22. The fourth-order valence-corrected chi connectivity index (χ4v) is 3.32. The summed E-state index contributed by atoms with van der Waals surface area (Å²) in [5, 5.41) is 18.3. The lowest BCUT2D eigenvalue weighted by Gasteiger charge is -2.07. The minimum absolute atomic E-state index is 0.00130. The maximum atomic E-state index is 4.63. The number of aromatic nitrogens is 8. The summed E-state index contributed by atoms with van der Waals surface area (Å²) in [5.41, 5.74) is 1.59. The second kappa shape index (κ2) is 5.46. The Bertz CT molecular complexity index is 953. The molecule has 4 aromatic rings. The molecule has 8 nitrogen and oxygen atoms in total. The van der Waals surface area contributed by atoms with Crippen molar-refractivity contribution in [2.24, 2.45) is 0 Å². The molecule has 0 aliphatic rings. The van der Waals surface area contributed by atoms with Gasteiger partial charge in [-0.05, 0) is 29.8 Å². The number of hydrogen-bond donors (Lipinski definition) is 0. The van der Waals surface area contributed by atoms with Gasteiger partial charge in [-0.25, -0.2) is 4.98 Å². The predicted molar refractivity (Wildman–Crippen MR) is 88.2 cm³/mol. The topological polar surface area (TPSA) is 86.7 Å². The molecule has 0 N–H and O–H groups in total. The molecule has 0 saturated carbocycles. The van der Waals surface area contributed by atoms with Crippen molar-refractivity contribution >= 4 is 32.2 Å². The highest BCUT2D eigenvalue weighted by Crippen LogP contribution is 2.27. The molecule has 23 heavy (non-hydrogen) atoms. The molecule has 4 heterocycles. The van der Waals surface area contributed by atoms with E-state index in [2.05, 4.69) is 46.3 Å². The Hall–Kier alpha value is -2.20. The van der Waals surface area contributed by atoms with Crippen LogP contribution in [-0.2, 0) is 0 Å². The smallest absolute Gasteiger partial charge is 0.235 e. The Morgan fingerprint density at radius 1 is 1.22 bits per heavy atom. The van der Waals surface area contributed by atoms with Crippen molar-refractivity contribution < 1.29 is 0 Å². The molecule has 0 radical (unpaired) electrons. The van der Waals surface area contributed by atoms with Gasteiger partial charge in [-0.15, -0.1) is 10.2 Å². The predicted octanol–water partition coefficient (Wildman–Crippen LogP) is 2.52. The first-order valence-electron chi connectivity index (χ1n) is 6.83. The van der Waals surface area contributed by atoms with Crippen molar-refractivity contribution in [1.29, 1.82) is 0 Å². The van der Waals surface area contributed by atoms with E-state index in [4.69, 9.17) is 0 Å². The molecule has 0 bridgehead atoms. The molecular formula is C13H11BrN8S. The van der Waals surface area contributed by atoms with Crippen molar-refractivity contribution in [3.8, 4) is 11.5 Å². The molecule has 0 amide bonds. The van der Waals surface area contributed by atoms with E-state index in [1.165, 1.54) is 11.3 Å². The van der Waals surface area contributed by atoms with E-state index in [-0.39, 0.29) is 6.04 Å². The normalized spacial score (nSPS) is 12.8. The number of halogens is 1. The standard InChI is InChI=1S/C13H11BrN8S/c1-7-9(14)6-21(19-7)8(2)12-20-22-11(17-18-13(22)23-12)10-5-15-3-4-16-10/h3-6,8H,1-2H3/t8-/m1/s1. The highest BCUT2D eigenvalue weighted by Gasteiger charge is 2.19.